The Bertz CT molecular complexity index is 870. The van der Waals surface area contributed by atoms with Crippen molar-refractivity contribution in [1.82, 2.24) is 15.6 Å². The monoisotopic (exact) mass is 358 g/mol. The van der Waals surface area contributed by atoms with Crippen molar-refractivity contribution in [3.63, 3.8) is 0 Å². The molecule has 0 saturated carbocycles. The van der Waals surface area contributed by atoms with E-state index in [0.29, 0.717) is 27.0 Å². The maximum absolute atomic E-state index is 12.1. The first-order valence-electron chi connectivity index (χ1n) is 7.03. The number of carbonyl (C=O) groups excluding carboxylic acids is 1. The second-order valence-electron chi connectivity index (χ2n) is 4.87. The summed E-state index contributed by atoms with van der Waals surface area (Å²) in [5.41, 5.74) is 4.84. The van der Waals surface area contributed by atoms with Crippen molar-refractivity contribution in [3.8, 4) is 11.3 Å². The molecule has 3 rings (SSSR count). The molecule has 1 heterocycles. The Morgan fingerprint density at radius 1 is 1.08 bits per heavy atom. The summed E-state index contributed by atoms with van der Waals surface area (Å²) in [6, 6.07) is 16.3. The van der Waals surface area contributed by atoms with Crippen LogP contribution < -0.4 is 5.43 Å². The van der Waals surface area contributed by atoms with Crippen LogP contribution in [0.1, 0.15) is 16.1 Å². The van der Waals surface area contributed by atoms with E-state index in [1.54, 1.807) is 24.3 Å². The van der Waals surface area contributed by atoms with Gasteiger partial charge in [-0.3, -0.25) is 9.89 Å². The first kappa shape index (κ1) is 16.2. The van der Waals surface area contributed by atoms with Gasteiger partial charge in [-0.05, 0) is 18.2 Å². The minimum Gasteiger partial charge on any atom is -0.272 e. The first-order valence-corrected chi connectivity index (χ1v) is 7.79. The molecule has 0 saturated heterocycles. The molecule has 0 fully saturated rings. The molecule has 24 heavy (non-hydrogen) atoms. The lowest BCUT2D eigenvalue weighted by Crippen LogP contribution is -2.18. The molecule has 0 atom stereocenters. The molecule has 2 aromatic carbocycles. The third kappa shape index (κ3) is 3.64. The van der Waals surface area contributed by atoms with Gasteiger partial charge in [0.25, 0.3) is 5.91 Å². The molecular weight excluding hydrogens is 347 g/mol. The summed E-state index contributed by atoms with van der Waals surface area (Å²) < 4.78 is 0. The van der Waals surface area contributed by atoms with Crippen molar-refractivity contribution in [2.75, 3.05) is 0 Å². The zero-order chi connectivity index (χ0) is 16.9. The predicted octanol–water partition coefficient (Wildman–Crippen LogP) is 4.15. The van der Waals surface area contributed by atoms with Crippen molar-refractivity contribution in [1.29, 1.82) is 0 Å². The van der Waals surface area contributed by atoms with Crippen LogP contribution in [0.3, 0.4) is 0 Å². The number of benzene rings is 2. The van der Waals surface area contributed by atoms with Crippen LogP contribution in [0.5, 0.6) is 0 Å². The Labute approximate surface area is 148 Å². The third-order valence-corrected chi connectivity index (χ3v) is 3.91. The summed E-state index contributed by atoms with van der Waals surface area (Å²) >= 11 is 12.1. The fourth-order valence-corrected chi connectivity index (χ4v) is 2.54. The minimum absolute atomic E-state index is 0.302. The number of hydrogen-bond donors (Lipinski definition) is 2. The van der Waals surface area contributed by atoms with Gasteiger partial charge in [0.15, 0.2) is 0 Å². The summed E-state index contributed by atoms with van der Waals surface area (Å²) in [5, 5.41) is 11.6. The largest absolute Gasteiger partial charge is 0.289 e. The van der Waals surface area contributed by atoms with Gasteiger partial charge in [0, 0.05) is 11.1 Å². The fourth-order valence-electron chi connectivity index (χ4n) is 2.04. The molecule has 1 aromatic heterocycles. The highest BCUT2D eigenvalue weighted by Crippen LogP contribution is 2.22. The summed E-state index contributed by atoms with van der Waals surface area (Å²) in [6.07, 6.45) is 1.40. The van der Waals surface area contributed by atoms with E-state index in [9.17, 15) is 4.79 Å². The maximum Gasteiger partial charge on any atom is 0.289 e. The van der Waals surface area contributed by atoms with Crippen molar-refractivity contribution >= 4 is 35.3 Å². The van der Waals surface area contributed by atoms with Gasteiger partial charge in [-0.1, -0.05) is 59.6 Å². The lowest BCUT2D eigenvalue weighted by Gasteiger charge is -2.00. The number of aromatic amines is 1. The molecule has 7 heteroatoms. The average molecular weight is 359 g/mol. The van der Waals surface area contributed by atoms with Gasteiger partial charge in [-0.25, -0.2) is 5.43 Å². The smallest absolute Gasteiger partial charge is 0.272 e. The lowest BCUT2D eigenvalue weighted by molar-refractivity contribution is 0.0950. The van der Waals surface area contributed by atoms with Crippen LogP contribution in [0.25, 0.3) is 11.3 Å². The molecule has 0 bridgehead atoms. The number of amides is 1. The van der Waals surface area contributed by atoms with Gasteiger partial charge >= 0.3 is 0 Å². The summed E-state index contributed by atoms with van der Waals surface area (Å²) in [6.45, 7) is 0. The Kier molecular flexibility index (Phi) is 4.93. The predicted molar refractivity (Wildman–Crippen MR) is 95.5 cm³/mol. The fraction of sp³-hybridized carbons (Fsp3) is 0. The van der Waals surface area contributed by atoms with Gasteiger partial charge in [-0.2, -0.15) is 10.2 Å². The van der Waals surface area contributed by atoms with E-state index < -0.39 is 5.91 Å². The van der Waals surface area contributed by atoms with Crippen LogP contribution in [-0.2, 0) is 0 Å². The standard InChI is InChI=1S/C17H12Cl2N4O/c18-13-7-4-8-14(19)12(13)10-20-23-17(24)16-9-15(21-22-16)11-5-2-1-3-6-11/h1-10H,(H,21,22)(H,23,24)/b20-10-. The van der Waals surface area contributed by atoms with Crippen molar-refractivity contribution in [3.05, 3.63) is 75.9 Å². The van der Waals surface area contributed by atoms with Gasteiger partial charge in [0.05, 0.1) is 22.0 Å². The summed E-state index contributed by atoms with van der Waals surface area (Å²) in [5.74, 6) is -0.413. The highest BCUT2D eigenvalue weighted by Gasteiger charge is 2.10. The second kappa shape index (κ2) is 7.29. The van der Waals surface area contributed by atoms with E-state index in [-0.39, 0.29) is 0 Å². The molecule has 0 aliphatic carbocycles. The van der Waals surface area contributed by atoms with Crippen LogP contribution in [-0.4, -0.2) is 22.3 Å². The summed E-state index contributed by atoms with van der Waals surface area (Å²) in [4.78, 5) is 12.1. The molecule has 3 aromatic rings. The van der Waals surface area contributed by atoms with Gasteiger partial charge in [0.1, 0.15) is 5.69 Å². The van der Waals surface area contributed by atoms with E-state index in [2.05, 4.69) is 20.7 Å². The number of hydrazone groups is 1. The second-order valence-corrected chi connectivity index (χ2v) is 5.68. The zero-order valence-corrected chi connectivity index (χ0v) is 13.8. The van der Waals surface area contributed by atoms with Crippen molar-refractivity contribution in [2.24, 2.45) is 5.10 Å². The number of aromatic nitrogens is 2. The Morgan fingerprint density at radius 2 is 1.79 bits per heavy atom. The van der Waals surface area contributed by atoms with Gasteiger partial charge < -0.3 is 0 Å². The molecule has 0 radical (unpaired) electrons. The molecular formula is C17H12Cl2N4O. The molecule has 120 valence electrons. The Morgan fingerprint density at radius 3 is 2.50 bits per heavy atom. The minimum atomic E-state index is -0.413. The summed E-state index contributed by atoms with van der Waals surface area (Å²) in [7, 11) is 0. The lowest BCUT2D eigenvalue weighted by atomic mass is 10.1. The van der Waals surface area contributed by atoms with Crippen molar-refractivity contribution < 1.29 is 4.79 Å². The maximum atomic E-state index is 12.1. The number of carbonyl (C=O) groups is 1. The molecule has 2 N–H and O–H groups in total. The molecule has 0 aliphatic heterocycles. The first-order chi connectivity index (χ1) is 11.6. The normalized spacial score (nSPS) is 10.9. The van der Waals surface area contributed by atoms with Crippen molar-refractivity contribution in [2.45, 2.75) is 0 Å². The van der Waals surface area contributed by atoms with E-state index in [1.165, 1.54) is 6.21 Å². The number of nitrogens with zero attached hydrogens (tertiary/aromatic N) is 2. The van der Waals surface area contributed by atoms with Crippen LogP contribution >= 0.6 is 23.2 Å². The van der Waals surface area contributed by atoms with Crippen LogP contribution in [0, 0.1) is 0 Å². The molecule has 0 aliphatic rings. The van der Waals surface area contributed by atoms with Crippen LogP contribution in [0.2, 0.25) is 10.0 Å². The number of nitrogens with one attached hydrogen (secondary N) is 2. The number of H-pyrrole nitrogens is 1. The molecule has 5 nitrogen and oxygen atoms in total. The molecule has 0 spiro atoms. The number of rotatable bonds is 4. The van der Waals surface area contributed by atoms with E-state index in [0.717, 1.165) is 5.56 Å². The van der Waals surface area contributed by atoms with E-state index in [1.807, 2.05) is 30.3 Å². The molecule has 1 amide bonds. The molecule has 0 unspecified atom stereocenters. The van der Waals surface area contributed by atoms with Gasteiger partial charge in [0.2, 0.25) is 0 Å². The number of halogens is 2. The average Bonchev–Trinajstić information content (AvgIpc) is 3.08. The highest BCUT2D eigenvalue weighted by atomic mass is 35.5. The Hall–Kier alpha value is -2.63. The van der Waals surface area contributed by atoms with Crippen LogP contribution in [0.4, 0.5) is 0 Å². The van der Waals surface area contributed by atoms with E-state index in [4.69, 9.17) is 23.2 Å². The number of hydrogen-bond acceptors (Lipinski definition) is 3. The Balaban J connectivity index is 1.70. The van der Waals surface area contributed by atoms with Gasteiger partial charge in [-0.15, -0.1) is 0 Å². The highest BCUT2D eigenvalue weighted by molar-refractivity contribution is 6.38. The SMILES string of the molecule is O=C(N/N=C\c1c(Cl)cccc1Cl)c1cc(-c2ccccc2)n[nH]1. The topological polar surface area (TPSA) is 70.1 Å². The quantitative estimate of drug-likeness (QED) is 0.543. The van der Waals surface area contributed by atoms with Crippen LogP contribution in [0.15, 0.2) is 59.7 Å². The van der Waals surface area contributed by atoms with E-state index >= 15 is 0 Å². The zero-order valence-electron chi connectivity index (χ0n) is 12.3. The third-order valence-electron chi connectivity index (χ3n) is 3.25.